The number of nitrogens with one attached hydrogen (secondary N) is 2. The van der Waals surface area contributed by atoms with Crippen molar-refractivity contribution in [2.45, 2.75) is 65.3 Å². The molecule has 154 valence electrons. The number of fused-ring (bicyclic) bond motifs is 2. The average molecular weight is 396 g/mol. The Hall–Kier alpha value is -2.67. The molecule has 0 bridgehead atoms. The third-order valence-electron chi connectivity index (χ3n) is 5.46. The molecule has 0 saturated carbocycles. The van der Waals surface area contributed by atoms with Crippen molar-refractivity contribution in [3.63, 3.8) is 0 Å². The Morgan fingerprint density at radius 1 is 1.28 bits per heavy atom. The van der Waals surface area contributed by atoms with Crippen LogP contribution in [0.3, 0.4) is 0 Å². The van der Waals surface area contributed by atoms with Crippen LogP contribution in [0.1, 0.15) is 57.0 Å². The lowest BCUT2D eigenvalue weighted by Gasteiger charge is -2.34. The predicted octanol–water partition coefficient (Wildman–Crippen LogP) is 3.85. The molecule has 0 aliphatic carbocycles. The summed E-state index contributed by atoms with van der Waals surface area (Å²) in [6.45, 7) is 12.0. The highest BCUT2D eigenvalue weighted by Crippen LogP contribution is 2.40. The van der Waals surface area contributed by atoms with Crippen LogP contribution in [0.4, 0.5) is 16.4 Å². The quantitative estimate of drug-likeness (QED) is 0.804. The zero-order valence-corrected chi connectivity index (χ0v) is 17.8. The van der Waals surface area contributed by atoms with Crippen molar-refractivity contribution in [3.05, 3.63) is 46.8 Å². The molecule has 2 N–H and O–H groups in total. The summed E-state index contributed by atoms with van der Waals surface area (Å²) in [5.41, 5.74) is 4.45. The Morgan fingerprint density at radius 2 is 2.07 bits per heavy atom. The minimum atomic E-state index is -0.521. The van der Waals surface area contributed by atoms with Crippen LogP contribution in [0.5, 0.6) is 0 Å². The van der Waals surface area contributed by atoms with Gasteiger partial charge in [-0.3, -0.25) is 4.90 Å². The van der Waals surface area contributed by atoms with Gasteiger partial charge in [-0.05, 0) is 76.4 Å². The lowest BCUT2D eigenvalue weighted by Crippen LogP contribution is -2.43. The van der Waals surface area contributed by atoms with E-state index in [1.54, 1.807) is 4.90 Å². The van der Waals surface area contributed by atoms with E-state index in [2.05, 4.69) is 46.6 Å². The Labute approximate surface area is 171 Å². The average Bonchev–Trinajstić information content (AvgIpc) is 2.91. The molecule has 1 aromatic carbocycles. The maximum absolute atomic E-state index is 12.7. The van der Waals surface area contributed by atoms with E-state index in [1.165, 1.54) is 5.56 Å². The third-order valence-corrected chi connectivity index (χ3v) is 5.46. The van der Waals surface area contributed by atoms with E-state index in [-0.39, 0.29) is 6.09 Å². The third kappa shape index (κ3) is 3.92. The topological polar surface area (TPSA) is 79.4 Å². The first-order valence-electron chi connectivity index (χ1n) is 10.1. The van der Waals surface area contributed by atoms with Gasteiger partial charge in [0, 0.05) is 18.4 Å². The number of hydrogen-bond acceptors (Lipinski definition) is 6. The van der Waals surface area contributed by atoms with Gasteiger partial charge < -0.3 is 15.4 Å². The molecule has 0 fully saturated rings. The van der Waals surface area contributed by atoms with Crippen molar-refractivity contribution in [1.82, 2.24) is 20.2 Å². The molecule has 0 saturated heterocycles. The Morgan fingerprint density at radius 3 is 2.83 bits per heavy atom. The number of hydrogen-bond donors (Lipinski definition) is 2. The molecule has 1 amide bonds. The molecule has 7 nitrogen and oxygen atoms in total. The standard InChI is InChI=1S/C22H29N5O2/c1-21(2,3)29-20(28)27-13-15-10-16(6-7-17(15)22(27,4)5)25-19-24-11-14-8-9-23-12-18(14)26-19/h6-7,10-11,23H,8-9,12-13H2,1-5H3,(H,24,25,26). The highest BCUT2D eigenvalue weighted by atomic mass is 16.6. The fourth-order valence-corrected chi connectivity index (χ4v) is 3.95. The van der Waals surface area contributed by atoms with E-state index in [1.807, 2.05) is 33.0 Å². The molecule has 2 aliphatic heterocycles. The number of carbonyl (C=O) groups is 1. The van der Waals surface area contributed by atoms with Gasteiger partial charge in [0.15, 0.2) is 0 Å². The normalized spacial score (nSPS) is 17.5. The van der Waals surface area contributed by atoms with Crippen LogP contribution in [-0.2, 0) is 29.8 Å². The summed E-state index contributed by atoms with van der Waals surface area (Å²) in [7, 11) is 0. The lowest BCUT2D eigenvalue weighted by molar-refractivity contribution is 0.00519. The molecule has 0 unspecified atom stereocenters. The van der Waals surface area contributed by atoms with Crippen LogP contribution in [0.15, 0.2) is 24.4 Å². The number of anilines is 2. The SMILES string of the molecule is CC(C)(C)OC(=O)N1Cc2cc(Nc3ncc4c(n3)CNCC4)ccc2C1(C)C. The van der Waals surface area contributed by atoms with Crippen LogP contribution < -0.4 is 10.6 Å². The maximum atomic E-state index is 12.7. The summed E-state index contributed by atoms with van der Waals surface area (Å²) in [6.07, 6.45) is 2.58. The van der Waals surface area contributed by atoms with Crippen LogP contribution in [0.2, 0.25) is 0 Å². The van der Waals surface area contributed by atoms with Crippen molar-refractivity contribution in [2.75, 3.05) is 11.9 Å². The fraction of sp³-hybridized carbons (Fsp3) is 0.500. The molecule has 7 heteroatoms. The van der Waals surface area contributed by atoms with Crippen molar-refractivity contribution in [1.29, 1.82) is 0 Å². The molecule has 1 aromatic heterocycles. The number of ether oxygens (including phenoxy) is 1. The smallest absolute Gasteiger partial charge is 0.411 e. The van der Waals surface area contributed by atoms with Gasteiger partial charge >= 0.3 is 6.09 Å². The van der Waals surface area contributed by atoms with Gasteiger partial charge in [-0.25, -0.2) is 14.8 Å². The van der Waals surface area contributed by atoms with Crippen LogP contribution in [0, 0.1) is 0 Å². The molecule has 2 aromatic rings. The van der Waals surface area contributed by atoms with Crippen molar-refractivity contribution in [2.24, 2.45) is 0 Å². The summed E-state index contributed by atoms with van der Waals surface area (Å²) < 4.78 is 5.61. The zero-order chi connectivity index (χ0) is 20.8. The van der Waals surface area contributed by atoms with E-state index in [9.17, 15) is 4.79 Å². The van der Waals surface area contributed by atoms with Crippen LogP contribution in [0.25, 0.3) is 0 Å². The number of benzene rings is 1. The van der Waals surface area contributed by atoms with E-state index in [4.69, 9.17) is 4.74 Å². The van der Waals surface area contributed by atoms with Crippen molar-refractivity contribution in [3.8, 4) is 0 Å². The predicted molar refractivity (Wildman–Crippen MR) is 112 cm³/mol. The first kappa shape index (κ1) is 19.6. The second kappa shape index (κ2) is 6.99. The highest BCUT2D eigenvalue weighted by molar-refractivity contribution is 5.72. The van der Waals surface area contributed by atoms with E-state index in [0.29, 0.717) is 12.5 Å². The lowest BCUT2D eigenvalue weighted by atomic mass is 9.93. The molecular weight excluding hydrogens is 366 g/mol. The number of carbonyl (C=O) groups excluding carboxylic acids is 1. The van der Waals surface area contributed by atoms with Crippen LogP contribution in [-0.4, -0.2) is 33.1 Å². The summed E-state index contributed by atoms with van der Waals surface area (Å²) in [4.78, 5) is 23.6. The number of rotatable bonds is 2. The van der Waals surface area contributed by atoms with Gasteiger partial charge in [-0.2, -0.15) is 0 Å². The summed E-state index contributed by atoms with van der Waals surface area (Å²) in [5, 5.41) is 6.65. The van der Waals surface area contributed by atoms with Gasteiger partial charge in [0.1, 0.15) is 5.60 Å². The first-order valence-corrected chi connectivity index (χ1v) is 10.1. The monoisotopic (exact) mass is 395 g/mol. The Balaban J connectivity index is 1.55. The van der Waals surface area contributed by atoms with Gasteiger partial charge in [-0.15, -0.1) is 0 Å². The van der Waals surface area contributed by atoms with Gasteiger partial charge in [0.25, 0.3) is 0 Å². The fourth-order valence-electron chi connectivity index (χ4n) is 3.95. The minimum Gasteiger partial charge on any atom is -0.444 e. The molecule has 0 atom stereocenters. The highest BCUT2D eigenvalue weighted by Gasteiger charge is 2.42. The van der Waals surface area contributed by atoms with Gasteiger partial charge in [-0.1, -0.05) is 6.07 Å². The molecular formula is C22H29N5O2. The van der Waals surface area contributed by atoms with E-state index < -0.39 is 11.1 Å². The molecule has 29 heavy (non-hydrogen) atoms. The minimum absolute atomic E-state index is 0.293. The number of aromatic nitrogens is 2. The van der Waals surface area contributed by atoms with Gasteiger partial charge in [0.2, 0.25) is 5.95 Å². The second-order valence-electron chi connectivity index (χ2n) is 9.21. The summed E-state index contributed by atoms with van der Waals surface area (Å²) in [5.74, 6) is 0.591. The zero-order valence-electron chi connectivity index (χ0n) is 17.8. The molecule has 0 spiro atoms. The van der Waals surface area contributed by atoms with E-state index >= 15 is 0 Å². The summed E-state index contributed by atoms with van der Waals surface area (Å²) >= 11 is 0. The maximum Gasteiger partial charge on any atom is 0.411 e. The molecule has 4 rings (SSSR count). The number of nitrogens with zero attached hydrogens (tertiary/aromatic N) is 3. The Bertz CT molecular complexity index is 949. The van der Waals surface area contributed by atoms with Crippen LogP contribution >= 0.6 is 0 Å². The molecule has 0 radical (unpaired) electrons. The molecule has 3 heterocycles. The van der Waals surface area contributed by atoms with Crippen molar-refractivity contribution < 1.29 is 9.53 Å². The first-order chi connectivity index (χ1) is 13.6. The Kier molecular flexibility index (Phi) is 4.73. The largest absolute Gasteiger partial charge is 0.444 e. The van der Waals surface area contributed by atoms with Crippen molar-refractivity contribution >= 4 is 17.7 Å². The van der Waals surface area contributed by atoms with Gasteiger partial charge in [0.05, 0.1) is 17.8 Å². The second-order valence-corrected chi connectivity index (χ2v) is 9.21. The van der Waals surface area contributed by atoms with E-state index in [0.717, 1.165) is 42.0 Å². The summed E-state index contributed by atoms with van der Waals surface area (Å²) in [6, 6.07) is 6.16. The molecule has 2 aliphatic rings. The number of amides is 1.